The van der Waals surface area contributed by atoms with Crippen molar-refractivity contribution in [2.45, 2.75) is 19.4 Å². The number of aromatic nitrogens is 1. The molecule has 2 heterocycles. The Morgan fingerprint density at radius 3 is 2.73 bits per heavy atom. The van der Waals surface area contributed by atoms with Crippen LogP contribution in [0, 0.1) is 5.92 Å². The highest BCUT2D eigenvalue weighted by molar-refractivity contribution is 6.05. The van der Waals surface area contributed by atoms with E-state index in [9.17, 15) is 4.79 Å². The second kappa shape index (κ2) is 7.77. The Morgan fingerprint density at radius 1 is 1.32 bits per heavy atom. The first-order valence-electron chi connectivity index (χ1n) is 7.05. The number of carbonyl (C=O) groups excluding carboxylic acids is 1. The molecule has 0 radical (unpaired) electrons. The van der Waals surface area contributed by atoms with Crippen molar-refractivity contribution in [2.24, 2.45) is 11.7 Å². The molecule has 120 valence electrons. The molecule has 2 N–H and O–H groups in total. The zero-order chi connectivity index (χ0) is 14.1. The average Bonchev–Trinajstić information content (AvgIpc) is 2.96. The molecule has 4 nitrogen and oxygen atoms in total. The lowest BCUT2D eigenvalue weighted by atomic mass is 10.0. The van der Waals surface area contributed by atoms with Crippen molar-refractivity contribution in [3.63, 3.8) is 0 Å². The smallest absolute Gasteiger partial charge is 0.273 e. The van der Waals surface area contributed by atoms with Gasteiger partial charge in [0.05, 0.1) is 0 Å². The van der Waals surface area contributed by atoms with E-state index >= 15 is 0 Å². The highest BCUT2D eigenvalue weighted by Crippen LogP contribution is 2.23. The molecule has 6 heteroatoms. The highest BCUT2D eigenvalue weighted by atomic mass is 35.5. The molecule has 2 aromatic rings. The Labute approximate surface area is 142 Å². The van der Waals surface area contributed by atoms with Crippen LogP contribution in [0.5, 0.6) is 0 Å². The predicted molar refractivity (Wildman–Crippen MR) is 93.9 cm³/mol. The second-order valence-electron chi connectivity index (χ2n) is 5.54. The summed E-state index contributed by atoms with van der Waals surface area (Å²) >= 11 is 0. The van der Waals surface area contributed by atoms with E-state index in [-0.39, 0.29) is 36.8 Å². The largest absolute Gasteiger partial charge is 0.337 e. The Hall–Kier alpha value is -1.36. The van der Waals surface area contributed by atoms with Gasteiger partial charge in [-0.05, 0) is 30.7 Å². The van der Waals surface area contributed by atoms with Crippen molar-refractivity contribution < 1.29 is 4.79 Å². The number of amides is 1. The minimum absolute atomic E-state index is 0. The molecule has 1 aromatic carbocycles. The third-order valence-corrected chi connectivity index (χ3v) is 4.13. The van der Waals surface area contributed by atoms with E-state index in [4.69, 9.17) is 5.73 Å². The van der Waals surface area contributed by atoms with Gasteiger partial charge < -0.3 is 10.6 Å². The van der Waals surface area contributed by atoms with Gasteiger partial charge in [0.1, 0.15) is 5.69 Å². The quantitative estimate of drug-likeness (QED) is 0.913. The maximum absolute atomic E-state index is 12.7. The van der Waals surface area contributed by atoms with E-state index in [1.807, 2.05) is 42.2 Å². The average molecular weight is 342 g/mol. The molecule has 22 heavy (non-hydrogen) atoms. The van der Waals surface area contributed by atoms with Gasteiger partial charge in [0.25, 0.3) is 5.91 Å². The van der Waals surface area contributed by atoms with E-state index in [0.29, 0.717) is 11.6 Å². The number of rotatable bonds is 2. The van der Waals surface area contributed by atoms with Crippen LogP contribution >= 0.6 is 24.8 Å². The van der Waals surface area contributed by atoms with E-state index in [1.54, 1.807) is 6.20 Å². The lowest BCUT2D eigenvalue weighted by Crippen LogP contribution is -2.33. The van der Waals surface area contributed by atoms with E-state index in [2.05, 4.69) is 4.98 Å². The summed E-state index contributed by atoms with van der Waals surface area (Å²) in [4.78, 5) is 18.8. The molecule has 1 fully saturated rings. The zero-order valence-corrected chi connectivity index (χ0v) is 14.1. The molecule has 0 saturated carbocycles. The van der Waals surface area contributed by atoms with Gasteiger partial charge in [-0.2, -0.15) is 0 Å². The summed E-state index contributed by atoms with van der Waals surface area (Å²) in [7, 11) is 0. The fourth-order valence-electron chi connectivity index (χ4n) is 2.84. The number of halogens is 2. The normalized spacial score (nSPS) is 18.5. The molecule has 1 saturated heterocycles. The molecule has 2 atom stereocenters. The van der Waals surface area contributed by atoms with Crippen LogP contribution in [0.3, 0.4) is 0 Å². The number of hydrogen-bond donors (Lipinski definition) is 1. The lowest BCUT2D eigenvalue weighted by Gasteiger charge is -2.18. The van der Waals surface area contributed by atoms with Gasteiger partial charge in [-0.25, -0.2) is 0 Å². The Bertz CT molecular complexity index is 643. The van der Waals surface area contributed by atoms with Crippen molar-refractivity contribution >= 4 is 41.5 Å². The van der Waals surface area contributed by atoms with E-state index < -0.39 is 0 Å². The fraction of sp³-hybridized carbons (Fsp3) is 0.375. The molecule has 1 aromatic heterocycles. The maximum Gasteiger partial charge on any atom is 0.273 e. The van der Waals surface area contributed by atoms with Crippen molar-refractivity contribution in [3.05, 3.63) is 42.2 Å². The molecule has 2 unspecified atom stereocenters. The van der Waals surface area contributed by atoms with Crippen LogP contribution in [0.4, 0.5) is 0 Å². The molecule has 3 rings (SSSR count). The number of benzene rings is 1. The first-order valence-corrected chi connectivity index (χ1v) is 7.05. The van der Waals surface area contributed by atoms with E-state index in [0.717, 1.165) is 30.3 Å². The van der Waals surface area contributed by atoms with Crippen molar-refractivity contribution in [1.82, 2.24) is 9.88 Å². The summed E-state index contributed by atoms with van der Waals surface area (Å²) in [6.07, 6.45) is 2.68. The lowest BCUT2D eigenvalue weighted by molar-refractivity contribution is 0.0782. The van der Waals surface area contributed by atoms with Crippen molar-refractivity contribution in [2.75, 3.05) is 13.1 Å². The summed E-state index contributed by atoms with van der Waals surface area (Å²) in [5, 5.41) is 1.97. The molecule has 0 aliphatic carbocycles. The Balaban J connectivity index is 0.00000121. The summed E-state index contributed by atoms with van der Waals surface area (Å²) in [5.41, 5.74) is 6.49. The number of likely N-dealkylation sites (tertiary alicyclic amines) is 1. The van der Waals surface area contributed by atoms with Gasteiger partial charge in [-0.15, -0.1) is 24.8 Å². The molecular formula is C16H21Cl2N3O. The van der Waals surface area contributed by atoms with Crippen LogP contribution < -0.4 is 5.73 Å². The number of carbonyl (C=O) groups is 1. The van der Waals surface area contributed by atoms with Gasteiger partial charge >= 0.3 is 0 Å². The Kier molecular flexibility index (Phi) is 6.60. The van der Waals surface area contributed by atoms with Crippen LogP contribution in [0.2, 0.25) is 0 Å². The molecule has 0 spiro atoms. The minimum Gasteiger partial charge on any atom is -0.337 e. The summed E-state index contributed by atoms with van der Waals surface area (Å²) in [5.74, 6) is 0.416. The number of nitrogens with two attached hydrogens (primary N) is 1. The topological polar surface area (TPSA) is 59.2 Å². The molecule has 1 aliphatic rings. The van der Waals surface area contributed by atoms with Gasteiger partial charge in [0.2, 0.25) is 0 Å². The molecule has 1 aliphatic heterocycles. The zero-order valence-electron chi connectivity index (χ0n) is 12.4. The van der Waals surface area contributed by atoms with Crippen molar-refractivity contribution in [1.29, 1.82) is 0 Å². The van der Waals surface area contributed by atoms with E-state index in [1.165, 1.54) is 0 Å². The summed E-state index contributed by atoms with van der Waals surface area (Å²) < 4.78 is 0. The molecular weight excluding hydrogens is 321 g/mol. The third-order valence-electron chi connectivity index (χ3n) is 4.13. The van der Waals surface area contributed by atoms with Crippen LogP contribution in [0.1, 0.15) is 23.8 Å². The van der Waals surface area contributed by atoms with Crippen molar-refractivity contribution in [3.8, 4) is 0 Å². The van der Waals surface area contributed by atoms with Crippen LogP contribution in [0.25, 0.3) is 10.8 Å². The van der Waals surface area contributed by atoms with Crippen LogP contribution in [-0.2, 0) is 0 Å². The molecule has 1 amide bonds. The Morgan fingerprint density at radius 2 is 2.05 bits per heavy atom. The number of pyridine rings is 1. The standard InChI is InChI=1S/C16H19N3O.2ClH/c1-11(17)13-7-9-19(10-13)16(20)15-14-5-3-2-4-12(14)6-8-18-15;;/h2-6,8,11,13H,7,9-10,17H2,1H3;2*1H. The number of fused-ring (bicyclic) bond motifs is 1. The first kappa shape index (κ1) is 18.7. The van der Waals surface area contributed by atoms with Crippen LogP contribution in [0.15, 0.2) is 36.5 Å². The molecule has 0 bridgehead atoms. The van der Waals surface area contributed by atoms with Crippen LogP contribution in [-0.4, -0.2) is 34.9 Å². The van der Waals surface area contributed by atoms with Gasteiger partial charge in [0, 0.05) is 30.7 Å². The minimum atomic E-state index is 0. The summed E-state index contributed by atoms with van der Waals surface area (Å²) in [6.45, 7) is 3.52. The highest BCUT2D eigenvalue weighted by Gasteiger charge is 2.30. The number of hydrogen-bond acceptors (Lipinski definition) is 3. The fourth-order valence-corrected chi connectivity index (χ4v) is 2.84. The maximum atomic E-state index is 12.7. The predicted octanol–water partition coefficient (Wildman–Crippen LogP) is 2.89. The van der Waals surface area contributed by atoms with Gasteiger partial charge in [-0.3, -0.25) is 9.78 Å². The number of nitrogens with zero attached hydrogens (tertiary/aromatic N) is 2. The second-order valence-corrected chi connectivity index (χ2v) is 5.54. The first-order chi connectivity index (χ1) is 9.66. The monoisotopic (exact) mass is 341 g/mol. The van der Waals surface area contributed by atoms with Gasteiger partial charge in [0.15, 0.2) is 0 Å². The van der Waals surface area contributed by atoms with Gasteiger partial charge in [-0.1, -0.05) is 24.3 Å². The third kappa shape index (κ3) is 3.51. The summed E-state index contributed by atoms with van der Waals surface area (Å²) in [6, 6.07) is 9.93. The SMILES string of the molecule is CC(N)C1CCN(C(=O)c2nccc3ccccc23)C1.Cl.Cl.